The molecule has 0 bridgehead atoms. The van der Waals surface area contributed by atoms with E-state index in [4.69, 9.17) is 4.42 Å². The molecule has 1 aromatic carbocycles. The Hall–Kier alpha value is -2.70. The maximum atomic E-state index is 12.4. The highest BCUT2D eigenvalue weighted by Crippen LogP contribution is 2.20. The lowest BCUT2D eigenvalue weighted by Crippen LogP contribution is -2.50. The fourth-order valence-corrected chi connectivity index (χ4v) is 1.76. The molecule has 1 aromatic heterocycles. The number of carbonyl (C=O) groups excluding carboxylic acids is 1. The van der Waals surface area contributed by atoms with Crippen molar-refractivity contribution in [1.29, 1.82) is 0 Å². The van der Waals surface area contributed by atoms with Crippen molar-refractivity contribution < 1.29 is 19.1 Å². The minimum atomic E-state index is -1.29. The number of aryl methyl sites for hydroxylation is 1. The van der Waals surface area contributed by atoms with E-state index in [0.717, 1.165) is 0 Å². The van der Waals surface area contributed by atoms with Gasteiger partial charge in [-0.25, -0.2) is 4.79 Å². The summed E-state index contributed by atoms with van der Waals surface area (Å²) in [6.07, 6.45) is 0. The molecular weight excluding hydrogens is 286 g/mol. The third-order valence-electron chi connectivity index (χ3n) is 3.57. The molecule has 2 aromatic rings. The first-order valence-corrected chi connectivity index (χ1v) is 6.65. The second-order valence-electron chi connectivity index (χ2n) is 5.43. The lowest BCUT2D eigenvalue weighted by atomic mass is 10.0. The Morgan fingerprint density at radius 3 is 2.23 bits per heavy atom. The van der Waals surface area contributed by atoms with Crippen LogP contribution < -0.4 is 0 Å². The van der Waals surface area contributed by atoms with Gasteiger partial charge in [0.2, 0.25) is 11.8 Å². The topological polar surface area (TPSA) is 96.5 Å². The Kier molecular flexibility index (Phi) is 3.99. The number of carboxylic acid groups (broad SMARTS) is 1. The Balaban J connectivity index is 2.23. The zero-order valence-electron chi connectivity index (χ0n) is 12.8. The number of aliphatic carboxylic acids is 1. The molecule has 2 rings (SSSR count). The molecule has 0 saturated carbocycles. The zero-order valence-corrected chi connectivity index (χ0v) is 12.8. The lowest BCUT2D eigenvalue weighted by Gasteiger charge is -2.31. The molecule has 1 heterocycles. The van der Waals surface area contributed by atoms with Crippen LogP contribution in [0.2, 0.25) is 0 Å². The van der Waals surface area contributed by atoms with Crippen LogP contribution in [0.1, 0.15) is 30.1 Å². The van der Waals surface area contributed by atoms with Gasteiger partial charge in [0, 0.05) is 25.1 Å². The molecule has 0 unspecified atom stereocenters. The van der Waals surface area contributed by atoms with E-state index < -0.39 is 11.5 Å². The highest BCUT2D eigenvalue weighted by molar-refractivity contribution is 5.97. The molecule has 0 aliphatic carbocycles. The largest absolute Gasteiger partial charge is 0.480 e. The molecule has 0 radical (unpaired) electrons. The van der Waals surface area contributed by atoms with Crippen molar-refractivity contribution in [2.24, 2.45) is 0 Å². The average molecular weight is 303 g/mol. The van der Waals surface area contributed by atoms with Crippen LogP contribution in [0.15, 0.2) is 28.7 Å². The molecule has 0 aliphatic heterocycles. The molecule has 22 heavy (non-hydrogen) atoms. The van der Waals surface area contributed by atoms with E-state index in [2.05, 4.69) is 10.2 Å². The van der Waals surface area contributed by atoms with Crippen LogP contribution in [-0.4, -0.2) is 44.7 Å². The molecule has 0 atom stereocenters. The van der Waals surface area contributed by atoms with Gasteiger partial charge < -0.3 is 14.4 Å². The van der Waals surface area contributed by atoms with Crippen molar-refractivity contribution in [2.75, 3.05) is 7.05 Å². The maximum Gasteiger partial charge on any atom is 0.329 e. The molecule has 7 nitrogen and oxygen atoms in total. The SMILES string of the molecule is Cc1nnc(-c2ccc(C(=O)N(C)C(C)(C)C(=O)O)cc2)o1. The second kappa shape index (κ2) is 5.59. The number of aromatic nitrogens is 2. The highest BCUT2D eigenvalue weighted by atomic mass is 16.4. The molecule has 116 valence electrons. The van der Waals surface area contributed by atoms with Gasteiger partial charge in [-0.2, -0.15) is 0 Å². The van der Waals surface area contributed by atoms with E-state index >= 15 is 0 Å². The minimum Gasteiger partial charge on any atom is -0.480 e. The maximum absolute atomic E-state index is 12.4. The predicted octanol–water partition coefficient (Wildman–Crippen LogP) is 1.98. The Bertz CT molecular complexity index is 704. The van der Waals surface area contributed by atoms with E-state index in [1.807, 2.05) is 0 Å². The van der Waals surface area contributed by atoms with E-state index in [-0.39, 0.29) is 5.91 Å². The van der Waals surface area contributed by atoms with Crippen molar-refractivity contribution in [3.8, 4) is 11.5 Å². The van der Waals surface area contributed by atoms with Gasteiger partial charge in [-0.1, -0.05) is 0 Å². The summed E-state index contributed by atoms with van der Waals surface area (Å²) >= 11 is 0. The van der Waals surface area contributed by atoms with E-state index in [1.54, 1.807) is 31.2 Å². The van der Waals surface area contributed by atoms with Crippen LogP contribution in [0, 0.1) is 6.92 Å². The summed E-state index contributed by atoms with van der Waals surface area (Å²) in [5.41, 5.74) is -0.214. The van der Waals surface area contributed by atoms with Gasteiger partial charge in [0.15, 0.2) is 0 Å². The third kappa shape index (κ3) is 2.83. The number of carbonyl (C=O) groups is 2. The molecule has 1 N–H and O–H groups in total. The molecular formula is C15H17N3O4. The van der Waals surface area contributed by atoms with E-state index in [9.17, 15) is 14.7 Å². The molecule has 0 spiro atoms. The van der Waals surface area contributed by atoms with Gasteiger partial charge >= 0.3 is 5.97 Å². The van der Waals surface area contributed by atoms with Gasteiger partial charge in [-0.05, 0) is 38.1 Å². The smallest absolute Gasteiger partial charge is 0.329 e. The lowest BCUT2D eigenvalue weighted by molar-refractivity contribution is -0.147. The van der Waals surface area contributed by atoms with Crippen molar-refractivity contribution in [3.63, 3.8) is 0 Å². The van der Waals surface area contributed by atoms with E-state index in [0.29, 0.717) is 22.9 Å². The number of rotatable bonds is 4. The average Bonchev–Trinajstić information content (AvgIpc) is 2.92. The summed E-state index contributed by atoms with van der Waals surface area (Å²) in [5, 5.41) is 16.8. The molecule has 0 saturated heterocycles. The number of nitrogens with zero attached hydrogens (tertiary/aromatic N) is 3. The first-order valence-electron chi connectivity index (χ1n) is 6.65. The van der Waals surface area contributed by atoms with Gasteiger partial charge in [0.25, 0.3) is 5.91 Å². The van der Waals surface area contributed by atoms with Crippen LogP contribution >= 0.6 is 0 Å². The summed E-state index contributed by atoms with van der Waals surface area (Å²) < 4.78 is 5.31. The molecule has 0 fully saturated rings. The number of likely N-dealkylation sites (N-methyl/N-ethyl adjacent to an activating group) is 1. The summed E-state index contributed by atoms with van der Waals surface area (Å²) in [6, 6.07) is 6.57. The summed E-state index contributed by atoms with van der Waals surface area (Å²) in [6.45, 7) is 4.64. The van der Waals surface area contributed by atoms with Crippen LogP contribution in [0.25, 0.3) is 11.5 Å². The number of hydrogen-bond donors (Lipinski definition) is 1. The van der Waals surface area contributed by atoms with Crippen molar-refractivity contribution >= 4 is 11.9 Å². The van der Waals surface area contributed by atoms with Crippen molar-refractivity contribution in [2.45, 2.75) is 26.3 Å². The summed E-state index contributed by atoms with van der Waals surface area (Å²) in [7, 11) is 1.46. The van der Waals surface area contributed by atoms with Crippen molar-refractivity contribution in [3.05, 3.63) is 35.7 Å². The van der Waals surface area contributed by atoms with E-state index in [1.165, 1.54) is 25.8 Å². The first-order chi connectivity index (χ1) is 10.2. The quantitative estimate of drug-likeness (QED) is 0.927. The number of carboxylic acids is 1. The normalized spacial score (nSPS) is 11.3. The van der Waals surface area contributed by atoms with Crippen LogP contribution in [0.3, 0.4) is 0 Å². The van der Waals surface area contributed by atoms with Gasteiger partial charge in [0.05, 0.1) is 0 Å². The fourth-order valence-electron chi connectivity index (χ4n) is 1.76. The van der Waals surface area contributed by atoms with Gasteiger partial charge in [0.1, 0.15) is 5.54 Å². The molecule has 7 heteroatoms. The summed E-state index contributed by atoms with van der Waals surface area (Å²) in [5.74, 6) is -0.615. The minimum absolute atomic E-state index is 0.371. The van der Waals surface area contributed by atoms with Crippen LogP contribution in [0.5, 0.6) is 0 Å². The highest BCUT2D eigenvalue weighted by Gasteiger charge is 2.35. The Labute approximate surface area is 127 Å². The standard InChI is InChI=1S/C15H17N3O4/c1-9-16-17-12(22-9)10-5-7-11(8-6-10)13(19)18(4)15(2,3)14(20)21/h5-8H,1-4H3,(H,20,21). The molecule has 1 amide bonds. The zero-order chi connectivity index (χ0) is 16.5. The second-order valence-corrected chi connectivity index (χ2v) is 5.43. The fraction of sp³-hybridized carbons (Fsp3) is 0.333. The number of benzene rings is 1. The predicted molar refractivity (Wildman–Crippen MR) is 78.3 cm³/mol. The monoisotopic (exact) mass is 303 g/mol. The first kappa shape index (κ1) is 15.7. The number of amides is 1. The van der Waals surface area contributed by atoms with Crippen LogP contribution in [0.4, 0.5) is 0 Å². The number of hydrogen-bond acceptors (Lipinski definition) is 5. The van der Waals surface area contributed by atoms with Crippen LogP contribution in [-0.2, 0) is 4.79 Å². The third-order valence-corrected chi connectivity index (χ3v) is 3.57. The van der Waals surface area contributed by atoms with Gasteiger partial charge in [-0.15, -0.1) is 10.2 Å². The Morgan fingerprint density at radius 2 is 1.77 bits per heavy atom. The Morgan fingerprint density at radius 1 is 1.18 bits per heavy atom. The summed E-state index contributed by atoms with van der Waals surface area (Å²) in [4.78, 5) is 24.8. The molecule has 0 aliphatic rings. The van der Waals surface area contributed by atoms with Gasteiger partial charge in [-0.3, -0.25) is 4.79 Å². The van der Waals surface area contributed by atoms with Crippen molar-refractivity contribution in [1.82, 2.24) is 15.1 Å².